The van der Waals surface area contributed by atoms with Gasteiger partial charge in [0.1, 0.15) is 0 Å². The number of rotatable bonds is 1. The second-order valence-corrected chi connectivity index (χ2v) is 1.56. The van der Waals surface area contributed by atoms with Gasteiger partial charge in [-0.25, -0.2) is 0 Å². The normalized spacial score (nSPS) is 8.67. The van der Waals surface area contributed by atoms with Crippen molar-refractivity contribution in [2.75, 3.05) is 0 Å². The number of aromatic nitrogens is 3. The van der Waals surface area contributed by atoms with Crippen LogP contribution in [0, 0.1) is 6.92 Å². The molecule has 9 heavy (non-hydrogen) atoms. The number of aromatic amines is 1. The van der Waals surface area contributed by atoms with Crippen LogP contribution in [0.1, 0.15) is 11.4 Å². The number of nitrogens with zero attached hydrogens (tertiary/aromatic N) is 2. The van der Waals surface area contributed by atoms with Gasteiger partial charge in [-0.1, -0.05) is 0 Å². The topological polar surface area (TPSA) is 67.6 Å². The maximum absolute atomic E-state index is 5.27. The monoisotopic (exact) mass is 148 g/mol. The van der Waals surface area contributed by atoms with E-state index >= 15 is 0 Å². The predicted octanol–water partition coefficient (Wildman–Crippen LogP) is -0.00638. The zero-order valence-electron chi connectivity index (χ0n) is 5.09. The average Bonchev–Trinajstić information content (AvgIpc) is 2.14. The number of hydrogen-bond donors (Lipinski definition) is 2. The Morgan fingerprint density at radius 2 is 2.22 bits per heavy atom. The van der Waals surface area contributed by atoms with Crippen LogP contribution in [-0.2, 0) is 6.54 Å². The summed E-state index contributed by atoms with van der Waals surface area (Å²) in [6.07, 6.45) is 0. The summed E-state index contributed by atoms with van der Waals surface area (Å²) in [7, 11) is 0. The second-order valence-electron chi connectivity index (χ2n) is 1.56. The minimum atomic E-state index is 0. The van der Waals surface area contributed by atoms with Gasteiger partial charge >= 0.3 is 0 Å². The van der Waals surface area contributed by atoms with Gasteiger partial charge in [-0.2, -0.15) is 15.4 Å². The molecule has 0 bridgehead atoms. The molecule has 0 fully saturated rings. The summed E-state index contributed by atoms with van der Waals surface area (Å²) in [6.45, 7) is 2.33. The number of nitrogens with two attached hydrogens (primary N) is 1. The summed E-state index contributed by atoms with van der Waals surface area (Å²) in [4.78, 5) is 0. The Morgan fingerprint density at radius 3 is 2.44 bits per heavy atom. The molecule has 1 heterocycles. The van der Waals surface area contributed by atoms with Gasteiger partial charge in [0.2, 0.25) is 0 Å². The summed E-state index contributed by atoms with van der Waals surface area (Å²) in [5.74, 6) is 0. The zero-order valence-corrected chi connectivity index (χ0v) is 5.90. The van der Waals surface area contributed by atoms with E-state index in [2.05, 4.69) is 15.4 Å². The number of nitrogens with one attached hydrogen (secondary N) is 1. The van der Waals surface area contributed by atoms with Crippen molar-refractivity contribution in [3.8, 4) is 0 Å². The molecule has 4 nitrogen and oxygen atoms in total. The third-order valence-corrected chi connectivity index (χ3v) is 1.01. The Morgan fingerprint density at radius 1 is 1.56 bits per heavy atom. The molecule has 0 aliphatic heterocycles. The zero-order chi connectivity index (χ0) is 5.98. The van der Waals surface area contributed by atoms with Gasteiger partial charge in [0.15, 0.2) is 0 Å². The van der Waals surface area contributed by atoms with E-state index in [1.165, 1.54) is 0 Å². The molecule has 0 saturated carbocycles. The lowest BCUT2D eigenvalue weighted by molar-refractivity contribution is 0.897. The maximum atomic E-state index is 5.27. The summed E-state index contributed by atoms with van der Waals surface area (Å²) < 4.78 is 0. The Labute approximate surface area is 59.2 Å². The van der Waals surface area contributed by atoms with Crippen LogP contribution >= 0.6 is 12.4 Å². The van der Waals surface area contributed by atoms with Crippen molar-refractivity contribution in [3.63, 3.8) is 0 Å². The van der Waals surface area contributed by atoms with E-state index in [1.54, 1.807) is 0 Å². The molecule has 0 radical (unpaired) electrons. The van der Waals surface area contributed by atoms with Crippen molar-refractivity contribution in [2.24, 2.45) is 5.73 Å². The van der Waals surface area contributed by atoms with Gasteiger partial charge in [-0.05, 0) is 6.92 Å². The third-order valence-electron chi connectivity index (χ3n) is 1.01. The SMILES string of the molecule is Cc1n[nH]nc1CN.Cl. The van der Waals surface area contributed by atoms with Crippen LogP contribution in [0.2, 0.25) is 0 Å². The Hall–Kier alpha value is -0.610. The molecule has 1 aromatic rings. The lowest BCUT2D eigenvalue weighted by Gasteiger charge is -1.83. The molecule has 1 rings (SSSR count). The van der Waals surface area contributed by atoms with Crippen LogP contribution in [0.3, 0.4) is 0 Å². The first-order valence-corrected chi connectivity index (χ1v) is 2.41. The van der Waals surface area contributed by atoms with Gasteiger partial charge in [0.05, 0.1) is 11.4 Å². The van der Waals surface area contributed by atoms with E-state index in [-0.39, 0.29) is 12.4 Å². The molecule has 52 valence electrons. The van der Waals surface area contributed by atoms with E-state index in [9.17, 15) is 0 Å². The van der Waals surface area contributed by atoms with Crippen molar-refractivity contribution < 1.29 is 0 Å². The van der Waals surface area contributed by atoms with E-state index in [4.69, 9.17) is 5.73 Å². The first-order valence-electron chi connectivity index (χ1n) is 2.41. The van der Waals surface area contributed by atoms with Crippen molar-refractivity contribution in [1.82, 2.24) is 15.4 Å². The highest BCUT2D eigenvalue weighted by molar-refractivity contribution is 5.85. The van der Waals surface area contributed by atoms with Gasteiger partial charge in [-0.15, -0.1) is 12.4 Å². The quantitative estimate of drug-likeness (QED) is 0.589. The largest absolute Gasteiger partial charge is 0.325 e. The molecule has 0 aliphatic carbocycles. The standard InChI is InChI=1S/C4H8N4.ClH/c1-3-4(2-5)7-8-6-3;/h2,5H2,1H3,(H,6,7,8);1H. The molecule has 0 atom stereocenters. The van der Waals surface area contributed by atoms with Crippen molar-refractivity contribution in [2.45, 2.75) is 13.5 Å². The molecule has 5 heteroatoms. The molecular formula is C4H9ClN4. The molecule has 0 aromatic carbocycles. The van der Waals surface area contributed by atoms with Crippen LogP contribution in [0.4, 0.5) is 0 Å². The number of halogens is 1. The molecule has 0 saturated heterocycles. The number of hydrogen-bond acceptors (Lipinski definition) is 3. The molecule has 3 N–H and O–H groups in total. The highest BCUT2D eigenvalue weighted by atomic mass is 35.5. The van der Waals surface area contributed by atoms with E-state index in [1.807, 2.05) is 6.92 Å². The van der Waals surface area contributed by atoms with Gasteiger partial charge in [0, 0.05) is 6.54 Å². The third kappa shape index (κ3) is 1.65. The first kappa shape index (κ1) is 8.39. The minimum Gasteiger partial charge on any atom is -0.325 e. The minimum absolute atomic E-state index is 0. The number of H-pyrrole nitrogens is 1. The smallest absolute Gasteiger partial charge is 0.0989 e. The van der Waals surface area contributed by atoms with E-state index < -0.39 is 0 Å². The highest BCUT2D eigenvalue weighted by Gasteiger charge is 1.96. The van der Waals surface area contributed by atoms with Crippen LogP contribution in [-0.4, -0.2) is 15.4 Å². The average molecular weight is 149 g/mol. The van der Waals surface area contributed by atoms with E-state index in [0.717, 1.165) is 11.4 Å². The summed E-state index contributed by atoms with van der Waals surface area (Å²) in [5.41, 5.74) is 6.99. The highest BCUT2D eigenvalue weighted by Crippen LogP contribution is 1.93. The Bertz CT molecular complexity index is 173. The fourth-order valence-corrected chi connectivity index (χ4v) is 0.499. The van der Waals surface area contributed by atoms with E-state index in [0.29, 0.717) is 6.54 Å². The van der Waals surface area contributed by atoms with Crippen molar-refractivity contribution in [1.29, 1.82) is 0 Å². The van der Waals surface area contributed by atoms with Crippen molar-refractivity contribution in [3.05, 3.63) is 11.4 Å². The fourth-order valence-electron chi connectivity index (χ4n) is 0.499. The van der Waals surface area contributed by atoms with Gasteiger partial charge in [0.25, 0.3) is 0 Å². The Kier molecular flexibility index (Phi) is 3.19. The van der Waals surface area contributed by atoms with Crippen molar-refractivity contribution >= 4 is 12.4 Å². The Balaban J connectivity index is 0.000000640. The lowest BCUT2D eigenvalue weighted by atomic mass is 10.4. The molecule has 0 amide bonds. The molecule has 1 aromatic heterocycles. The number of aryl methyl sites for hydroxylation is 1. The fraction of sp³-hybridized carbons (Fsp3) is 0.500. The van der Waals surface area contributed by atoms with Crippen LogP contribution in [0.25, 0.3) is 0 Å². The summed E-state index contributed by atoms with van der Waals surface area (Å²) >= 11 is 0. The molecule has 0 aliphatic rings. The van der Waals surface area contributed by atoms with Gasteiger partial charge < -0.3 is 5.73 Å². The predicted molar refractivity (Wildman–Crippen MR) is 36.3 cm³/mol. The first-order chi connectivity index (χ1) is 3.84. The summed E-state index contributed by atoms with van der Waals surface area (Å²) in [6, 6.07) is 0. The molecule has 0 spiro atoms. The van der Waals surface area contributed by atoms with Crippen LogP contribution in [0.15, 0.2) is 0 Å². The maximum Gasteiger partial charge on any atom is 0.0989 e. The van der Waals surface area contributed by atoms with Crippen LogP contribution in [0.5, 0.6) is 0 Å². The second kappa shape index (κ2) is 3.42. The van der Waals surface area contributed by atoms with Gasteiger partial charge in [-0.3, -0.25) is 0 Å². The van der Waals surface area contributed by atoms with Crippen LogP contribution < -0.4 is 5.73 Å². The molecular weight excluding hydrogens is 140 g/mol. The molecule has 0 unspecified atom stereocenters. The summed E-state index contributed by atoms with van der Waals surface area (Å²) in [5, 5.41) is 10.0. The lowest BCUT2D eigenvalue weighted by Crippen LogP contribution is -1.97.